The van der Waals surface area contributed by atoms with Crippen LogP contribution in [0.3, 0.4) is 0 Å². The van der Waals surface area contributed by atoms with Gasteiger partial charge in [-0.2, -0.15) is 0 Å². The quantitative estimate of drug-likeness (QED) is 0.716. The third kappa shape index (κ3) is 2.10. The molecule has 7 atom stereocenters. The molecule has 24 heavy (non-hydrogen) atoms. The molecule has 5 nitrogen and oxygen atoms in total. The number of carbonyl (C=O) groups is 2. The first-order chi connectivity index (χ1) is 11.3. The van der Waals surface area contributed by atoms with Crippen LogP contribution in [0.1, 0.15) is 27.2 Å². The zero-order valence-electron chi connectivity index (χ0n) is 14.4. The average Bonchev–Trinajstić information content (AvgIpc) is 3.11. The Hall–Kier alpha value is -1.62. The molecule has 1 amide bonds. The summed E-state index contributed by atoms with van der Waals surface area (Å²) in [7, 11) is 0. The Bertz CT molecular complexity index is 654. The monoisotopic (exact) mass is 330 g/mol. The zero-order chi connectivity index (χ0) is 17.2. The Kier molecular flexibility index (Phi) is 3.43. The molecule has 0 aromatic carbocycles. The number of ether oxygens (including phenoxy) is 1. The van der Waals surface area contributed by atoms with Crippen molar-refractivity contribution in [2.24, 2.45) is 29.6 Å². The number of hydrogen-bond donors (Lipinski definition) is 0. The smallest absolute Gasteiger partial charge is 0.229 e. The van der Waals surface area contributed by atoms with Crippen molar-refractivity contribution < 1.29 is 19.4 Å². The van der Waals surface area contributed by atoms with Crippen LogP contribution in [0.25, 0.3) is 0 Å². The third-order valence-electron chi connectivity index (χ3n) is 6.48. The van der Waals surface area contributed by atoms with E-state index in [4.69, 9.17) is 4.74 Å². The molecule has 2 bridgehead atoms. The molecule has 4 rings (SSSR count). The molecule has 0 radical (unpaired) electrons. The van der Waals surface area contributed by atoms with Crippen molar-refractivity contribution in [2.45, 2.75) is 38.9 Å². The molecule has 0 saturated carbocycles. The minimum absolute atomic E-state index is 0.0817. The van der Waals surface area contributed by atoms with E-state index in [1.807, 2.05) is 11.0 Å². The standard InChI is InChI=1S/C19H25NO4/c1-10-6-11(2)13(12(3)7-10)8-20-9-19-5-4-14(24-19)15(18(22)23)16(19)17(20)21/h4-6,11-16H,7-9H2,1-3H3,(H,22,23)/p-1/t11-,12+,13-,14-,15-,16+,19+/m0/s1. The molecule has 2 saturated heterocycles. The number of likely N-dealkylation sites (tertiary alicyclic amines) is 1. The Morgan fingerprint density at radius 3 is 2.88 bits per heavy atom. The van der Waals surface area contributed by atoms with Gasteiger partial charge in [0.05, 0.1) is 18.6 Å². The van der Waals surface area contributed by atoms with E-state index in [0.717, 1.165) is 6.42 Å². The summed E-state index contributed by atoms with van der Waals surface area (Å²) in [6, 6.07) is 0. The summed E-state index contributed by atoms with van der Waals surface area (Å²) in [5, 5.41) is 11.5. The largest absolute Gasteiger partial charge is 0.550 e. The molecule has 5 heteroatoms. The van der Waals surface area contributed by atoms with Crippen LogP contribution in [-0.4, -0.2) is 41.6 Å². The summed E-state index contributed by atoms with van der Waals surface area (Å²) in [6.07, 6.45) is 6.54. The highest BCUT2D eigenvalue weighted by Gasteiger charge is 2.65. The predicted octanol–water partition coefficient (Wildman–Crippen LogP) is 0.757. The van der Waals surface area contributed by atoms with E-state index in [9.17, 15) is 14.7 Å². The van der Waals surface area contributed by atoms with Gasteiger partial charge in [0.15, 0.2) is 0 Å². The highest BCUT2D eigenvalue weighted by atomic mass is 16.5. The summed E-state index contributed by atoms with van der Waals surface area (Å²) in [4.78, 5) is 26.3. The van der Waals surface area contributed by atoms with Crippen LogP contribution in [-0.2, 0) is 14.3 Å². The fourth-order valence-corrected chi connectivity index (χ4v) is 5.42. The van der Waals surface area contributed by atoms with Gasteiger partial charge in [0.1, 0.15) is 5.60 Å². The number of rotatable bonds is 3. The molecule has 3 aliphatic heterocycles. The lowest BCUT2D eigenvalue weighted by atomic mass is 9.75. The topological polar surface area (TPSA) is 69.7 Å². The second kappa shape index (κ2) is 5.19. The number of allylic oxidation sites excluding steroid dienone is 2. The summed E-state index contributed by atoms with van der Waals surface area (Å²) in [6.45, 7) is 7.74. The average molecular weight is 330 g/mol. The summed E-state index contributed by atoms with van der Waals surface area (Å²) in [5.41, 5.74) is 0.663. The fraction of sp³-hybridized carbons (Fsp3) is 0.684. The first kappa shape index (κ1) is 15.9. The number of carboxylic acids is 1. The highest BCUT2D eigenvalue weighted by molar-refractivity contribution is 5.90. The number of fused-ring (bicyclic) bond motifs is 1. The van der Waals surface area contributed by atoms with Gasteiger partial charge in [-0.15, -0.1) is 0 Å². The van der Waals surface area contributed by atoms with Crippen LogP contribution < -0.4 is 5.11 Å². The second-order valence-electron chi connectivity index (χ2n) is 8.16. The molecule has 4 aliphatic rings. The Morgan fingerprint density at radius 2 is 2.21 bits per heavy atom. The Balaban J connectivity index is 1.56. The number of aliphatic carboxylic acids is 1. The number of hydrogen-bond acceptors (Lipinski definition) is 4. The highest BCUT2D eigenvalue weighted by Crippen LogP contribution is 2.52. The molecular weight excluding hydrogens is 306 g/mol. The maximum absolute atomic E-state index is 12.9. The van der Waals surface area contributed by atoms with Crippen LogP contribution in [0.5, 0.6) is 0 Å². The van der Waals surface area contributed by atoms with Crippen molar-refractivity contribution in [1.29, 1.82) is 0 Å². The second-order valence-corrected chi connectivity index (χ2v) is 8.16. The number of nitrogens with zero attached hydrogens (tertiary/aromatic N) is 1. The van der Waals surface area contributed by atoms with E-state index in [-0.39, 0.29) is 5.91 Å². The third-order valence-corrected chi connectivity index (χ3v) is 6.48. The van der Waals surface area contributed by atoms with Crippen molar-refractivity contribution in [3.63, 3.8) is 0 Å². The predicted molar refractivity (Wildman–Crippen MR) is 85.5 cm³/mol. The summed E-state index contributed by atoms with van der Waals surface area (Å²) >= 11 is 0. The van der Waals surface area contributed by atoms with Gasteiger partial charge >= 0.3 is 0 Å². The molecule has 2 fully saturated rings. The van der Waals surface area contributed by atoms with Crippen LogP contribution >= 0.6 is 0 Å². The van der Waals surface area contributed by atoms with Crippen LogP contribution in [0, 0.1) is 29.6 Å². The van der Waals surface area contributed by atoms with E-state index >= 15 is 0 Å². The lowest BCUT2D eigenvalue weighted by Gasteiger charge is -2.36. The van der Waals surface area contributed by atoms with E-state index < -0.39 is 29.5 Å². The van der Waals surface area contributed by atoms with Gasteiger partial charge in [-0.1, -0.05) is 37.6 Å². The van der Waals surface area contributed by atoms with Gasteiger partial charge in [-0.3, -0.25) is 4.79 Å². The molecule has 0 N–H and O–H groups in total. The fourth-order valence-electron chi connectivity index (χ4n) is 5.42. The van der Waals surface area contributed by atoms with Crippen molar-refractivity contribution in [1.82, 2.24) is 4.90 Å². The van der Waals surface area contributed by atoms with Crippen LogP contribution in [0.4, 0.5) is 0 Å². The normalized spacial score (nSPS) is 46.4. The molecule has 1 aliphatic carbocycles. The molecule has 130 valence electrons. The summed E-state index contributed by atoms with van der Waals surface area (Å²) in [5.74, 6) is -1.40. The van der Waals surface area contributed by atoms with Gasteiger partial charge < -0.3 is 19.5 Å². The molecule has 0 aromatic heterocycles. The van der Waals surface area contributed by atoms with E-state index in [1.165, 1.54) is 5.57 Å². The molecule has 0 unspecified atom stereocenters. The van der Waals surface area contributed by atoms with E-state index in [1.54, 1.807) is 6.08 Å². The van der Waals surface area contributed by atoms with E-state index in [0.29, 0.717) is 30.8 Å². The summed E-state index contributed by atoms with van der Waals surface area (Å²) < 4.78 is 5.91. The van der Waals surface area contributed by atoms with Crippen molar-refractivity contribution in [3.05, 3.63) is 23.8 Å². The van der Waals surface area contributed by atoms with Crippen molar-refractivity contribution in [3.8, 4) is 0 Å². The number of carbonyl (C=O) groups excluding carboxylic acids is 2. The minimum atomic E-state index is -1.18. The van der Waals surface area contributed by atoms with E-state index in [2.05, 4.69) is 26.8 Å². The Morgan fingerprint density at radius 1 is 1.46 bits per heavy atom. The first-order valence-corrected chi connectivity index (χ1v) is 8.86. The van der Waals surface area contributed by atoms with Gasteiger partial charge in [-0.05, 0) is 31.1 Å². The van der Waals surface area contributed by atoms with Crippen molar-refractivity contribution >= 4 is 11.9 Å². The van der Waals surface area contributed by atoms with Crippen molar-refractivity contribution in [2.75, 3.05) is 13.1 Å². The van der Waals surface area contributed by atoms with Gasteiger partial charge in [0.25, 0.3) is 0 Å². The molecule has 0 aromatic rings. The molecule has 3 heterocycles. The maximum atomic E-state index is 12.9. The Labute approximate surface area is 142 Å². The van der Waals surface area contributed by atoms with Crippen LogP contribution in [0.2, 0.25) is 0 Å². The lowest BCUT2D eigenvalue weighted by molar-refractivity contribution is -0.313. The maximum Gasteiger partial charge on any atom is 0.229 e. The lowest BCUT2D eigenvalue weighted by Crippen LogP contribution is -2.45. The van der Waals surface area contributed by atoms with Crippen LogP contribution in [0.15, 0.2) is 23.8 Å². The first-order valence-electron chi connectivity index (χ1n) is 8.86. The minimum Gasteiger partial charge on any atom is -0.550 e. The van der Waals surface area contributed by atoms with Gasteiger partial charge in [0, 0.05) is 18.4 Å². The number of amides is 1. The molecule has 1 spiro atoms. The zero-order valence-corrected chi connectivity index (χ0v) is 14.4. The van der Waals surface area contributed by atoms with Gasteiger partial charge in [-0.25, -0.2) is 0 Å². The molecular formula is C19H24NO4-. The SMILES string of the molecule is CC1=C[C@H](C)[C@H](CN2C[C@@]34C=C[C@H](O3)[C@H](C(=O)[O-])[C@@H]4C2=O)[C@H](C)C1. The number of carboxylic acid groups (broad SMARTS) is 1. The van der Waals surface area contributed by atoms with Gasteiger partial charge in [0.2, 0.25) is 5.91 Å².